The van der Waals surface area contributed by atoms with Gasteiger partial charge in [-0.1, -0.05) is 12.2 Å². The summed E-state index contributed by atoms with van der Waals surface area (Å²) in [6.07, 6.45) is 3.49. The number of hydrogen-bond donors (Lipinski definition) is 2. The Morgan fingerprint density at radius 1 is 1.56 bits per heavy atom. The molecule has 2 rings (SSSR count). The summed E-state index contributed by atoms with van der Waals surface area (Å²) in [5.41, 5.74) is 6.56. The zero-order valence-electron chi connectivity index (χ0n) is 10.5. The molecule has 1 aliphatic rings. The van der Waals surface area contributed by atoms with Crippen LogP contribution in [0, 0.1) is 5.92 Å². The van der Waals surface area contributed by atoms with Crippen LogP contribution in [0.5, 0.6) is 0 Å². The van der Waals surface area contributed by atoms with E-state index in [4.69, 9.17) is 18.0 Å². The monoisotopic (exact) mass is 265 g/mol. The molecule has 4 nitrogen and oxygen atoms in total. The molecule has 98 valence electrons. The normalized spacial score (nSPS) is 18.7. The maximum Gasteiger partial charge on any atom is 0.138 e. The van der Waals surface area contributed by atoms with Gasteiger partial charge in [0.2, 0.25) is 0 Å². The molecule has 1 aromatic heterocycles. The standard InChI is InChI=1S/C13H19N3OS/c1-9(17)10-4-7-16(8-5-10)13-11(12(14)18)3-2-6-15-13/h2-3,6,9-10,17H,4-5,7-8H2,1H3,(H2,14,18). The topological polar surface area (TPSA) is 62.4 Å². The molecule has 0 spiro atoms. The van der Waals surface area contributed by atoms with Gasteiger partial charge in [-0.3, -0.25) is 0 Å². The van der Waals surface area contributed by atoms with E-state index in [1.165, 1.54) is 0 Å². The van der Waals surface area contributed by atoms with Crippen LogP contribution in [-0.2, 0) is 0 Å². The van der Waals surface area contributed by atoms with Crippen molar-refractivity contribution in [2.45, 2.75) is 25.9 Å². The van der Waals surface area contributed by atoms with Crippen molar-refractivity contribution in [3.05, 3.63) is 23.9 Å². The van der Waals surface area contributed by atoms with Gasteiger partial charge < -0.3 is 15.7 Å². The average Bonchev–Trinajstić information content (AvgIpc) is 2.39. The van der Waals surface area contributed by atoms with Gasteiger partial charge in [-0.15, -0.1) is 0 Å². The molecule has 1 unspecified atom stereocenters. The first kappa shape index (κ1) is 13.2. The molecule has 1 aromatic rings. The van der Waals surface area contributed by atoms with Gasteiger partial charge in [0, 0.05) is 19.3 Å². The van der Waals surface area contributed by atoms with Gasteiger partial charge in [0.05, 0.1) is 11.7 Å². The lowest BCUT2D eigenvalue weighted by molar-refractivity contribution is 0.110. The zero-order valence-corrected chi connectivity index (χ0v) is 11.4. The zero-order chi connectivity index (χ0) is 13.1. The molecule has 2 heterocycles. The van der Waals surface area contributed by atoms with Crippen LogP contribution in [-0.4, -0.2) is 34.3 Å². The van der Waals surface area contributed by atoms with E-state index in [-0.39, 0.29) is 6.10 Å². The molecule has 0 aliphatic carbocycles. The molecule has 5 heteroatoms. The molecule has 1 saturated heterocycles. The van der Waals surface area contributed by atoms with Crippen molar-refractivity contribution in [1.29, 1.82) is 0 Å². The number of hydrogen-bond acceptors (Lipinski definition) is 4. The Bertz CT molecular complexity index is 428. The molecule has 0 amide bonds. The number of aromatic nitrogens is 1. The first-order valence-electron chi connectivity index (χ1n) is 6.27. The summed E-state index contributed by atoms with van der Waals surface area (Å²) < 4.78 is 0. The maximum absolute atomic E-state index is 9.60. The van der Waals surface area contributed by atoms with E-state index in [9.17, 15) is 5.11 Å². The smallest absolute Gasteiger partial charge is 0.138 e. The Labute approximate surface area is 113 Å². The highest BCUT2D eigenvalue weighted by molar-refractivity contribution is 7.80. The Morgan fingerprint density at radius 2 is 2.22 bits per heavy atom. The molecule has 0 aromatic carbocycles. The number of nitrogens with two attached hydrogens (primary N) is 1. The van der Waals surface area contributed by atoms with Gasteiger partial charge in [0.1, 0.15) is 10.8 Å². The highest BCUT2D eigenvalue weighted by Crippen LogP contribution is 2.26. The SMILES string of the molecule is CC(O)C1CCN(c2ncccc2C(N)=S)CC1. The summed E-state index contributed by atoms with van der Waals surface area (Å²) in [6, 6.07) is 3.76. The van der Waals surface area contributed by atoms with E-state index in [0.717, 1.165) is 37.3 Å². The van der Waals surface area contributed by atoms with E-state index in [1.807, 2.05) is 19.1 Å². The fourth-order valence-electron chi connectivity index (χ4n) is 2.43. The average molecular weight is 265 g/mol. The number of piperidine rings is 1. The van der Waals surface area contributed by atoms with Gasteiger partial charge in [-0.2, -0.15) is 0 Å². The number of nitrogens with zero attached hydrogens (tertiary/aromatic N) is 2. The predicted molar refractivity (Wildman–Crippen MR) is 76.7 cm³/mol. The van der Waals surface area contributed by atoms with Crippen molar-refractivity contribution in [3.8, 4) is 0 Å². The van der Waals surface area contributed by atoms with Crippen molar-refractivity contribution >= 4 is 23.0 Å². The molecule has 1 fully saturated rings. The second-order valence-electron chi connectivity index (χ2n) is 4.80. The summed E-state index contributed by atoms with van der Waals surface area (Å²) in [4.78, 5) is 6.98. The third kappa shape index (κ3) is 2.79. The van der Waals surface area contributed by atoms with Crippen LogP contribution in [0.4, 0.5) is 5.82 Å². The van der Waals surface area contributed by atoms with Gasteiger partial charge in [0.15, 0.2) is 0 Å². The van der Waals surface area contributed by atoms with Crippen molar-refractivity contribution < 1.29 is 5.11 Å². The molecule has 1 atom stereocenters. The van der Waals surface area contributed by atoms with Gasteiger partial charge in [-0.25, -0.2) is 4.98 Å². The third-order valence-electron chi connectivity index (χ3n) is 3.57. The predicted octanol–water partition coefficient (Wildman–Crippen LogP) is 1.31. The molecule has 1 aliphatic heterocycles. The van der Waals surface area contributed by atoms with Crippen molar-refractivity contribution in [2.75, 3.05) is 18.0 Å². The molecule has 0 saturated carbocycles. The summed E-state index contributed by atoms with van der Waals surface area (Å²) in [7, 11) is 0. The molecule has 3 N–H and O–H groups in total. The molecule has 18 heavy (non-hydrogen) atoms. The van der Waals surface area contributed by atoms with Crippen LogP contribution in [0.25, 0.3) is 0 Å². The quantitative estimate of drug-likeness (QED) is 0.807. The van der Waals surface area contributed by atoms with Crippen LogP contribution in [0.1, 0.15) is 25.3 Å². The Hall–Kier alpha value is -1.20. The highest BCUT2D eigenvalue weighted by atomic mass is 32.1. The third-order valence-corrected chi connectivity index (χ3v) is 3.79. The second kappa shape index (κ2) is 5.63. The number of pyridine rings is 1. The Balaban J connectivity index is 2.12. The minimum atomic E-state index is -0.231. The molecule has 0 radical (unpaired) electrons. The van der Waals surface area contributed by atoms with Gasteiger partial charge in [-0.05, 0) is 37.8 Å². The Kier molecular flexibility index (Phi) is 4.14. The van der Waals surface area contributed by atoms with E-state index in [2.05, 4.69) is 9.88 Å². The van der Waals surface area contributed by atoms with E-state index in [1.54, 1.807) is 6.20 Å². The van der Waals surface area contributed by atoms with E-state index in [0.29, 0.717) is 10.9 Å². The maximum atomic E-state index is 9.60. The fraction of sp³-hybridized carbons (Fsp3) is 0.538. The number of thiocarbonyl (C=S) groups is 1. The lowest BCUT2D eigenvalue weighted by Crippen LogP contribution is -2.38. The van der Waals surface area contributed by atoms with Crippen molar-refractivity contribution in [2.24, 2.45) is 11.7 Å². The number of rotatable bonds is 3. The summed E-state index contributed by atoms with van der Waals surface area (Å²) in [6.45, 7) is 3.64. The molecular formula is C13H19N3OS. The van der Waals surface area contributed by atoms with Gasteiger partial charge in [0.25, 0.3) is 0 Å². The second-order valence-corrected chi connectivity index (χ2v) is 5.24. The fourth-order valence-corrected chi connectivity index (χ4v) is 2.59. The van der Waals surface area contributed by atoms with Crippen molar-refractivity contribution in [1.82, 2.24) is 4.98 Å². The van der Waals surface area contributed by atoms with E-state index < -0.39 is 0 Å². The van der Waals surface area contributed by atoms with Crippen LogP contribution < -0.4 is 10.6 Å². The Morgan fingerprint density at radius 3 is 2.78 bits per heavy atom. The van der Waals surface area contributed by atoms with Crippen molar-refractivity contribution in [3.63, 3.8) is 0 Å². The van der Waals surface area contributed by atoms with Crippen LogP contribution in [0.3, 0.4) is 0 Å². The first-order valence-corrected chi connectivity index (χ1v) is 6.68. The summed E-state index contributed by atoms with van der Waals surface area (Å²) in [5.74, 6) is 1.26. The minimum Gasteiger partial charge on any atom is -0.393 e. The summed E-state index contributed by atoms with van der Waals surface area (Å²) in [5, 5.41) is 9.60. The largest absolute Gasteiger partial charge is 0.393 e. The van der Waals surface area contributed by atoms with E-state index >= 15 is 0 Å². The number of anilines is 1. The highest BCUT2D eigenvalue weighted by Gasteiger charge is 2.24. The minimum absolute atomic E-state index is 0.231. The summed E-state index contributed by atoms with van der Waals surface area (Å²) >= 11 is 5.05. The molecular weight excluding hydrogens is 246 g/mol. The lowest BCUT2D eigenvalue weighted by atomic mass is 9.92. The van der Waals surface area contributed by atoms with Gasteiger partial charge >= 0.3 is 0 Å². The number of aliphatic hydroxyl groups is 1. The van der Waals surface area contributed by atoms with Crippen LogP contribution in [0.15, 0.2) is 18.3 Å². The first-order chi connectivity index (χ1) is 8.59. The number of aliphatic hydroxyl groups excluding tert-OH is 1. The lowest BCUT2D eigenvalue weighted by Gasteiger charge is -2.34. The van der Waals surface area contributed by atoms with Crippen LogP contribution >= 0.6 is 12.2 Å². The molecule has 0 bridgehead atoms. The van der Waals surface area contributed by atoms with Crippen LogP contribution in [0.2, 0.25) is 0 Å².